The van der Waals surface area contributed by atoms with Crippen molar-refractivity contribution in [2.45, 2.75) is 6.42 Å². The molecule has 4 N–H and O–H groups in total. The maximum absolute atomic E-state index is 12.8. The molecule has 0 radical (unpaired) electrons. The second kappa shape index (κ2) is 7.89. The number of hydrogen-bond donors (Lipinski definition) is 3. The van der Waals surface area contributed by atoms with Gasteiger partial charge in [-0.25, -0.2) is 0 Å². The molecule has 4 rings (SSSR count). The number of benzene rings is 3. The molecular weight excluding hydrogens is 370 g/mol. The van der Waals surface area contributed by atoms with Gasteiger partial charge in [-0.15, -0.1) is 0 Å². The van der Waals surface area contributed by atoms with Gasteiger partial charge in [-0.1, -0.05) is 60.1 Å². The van der Waals surface area contributed by atoms with Crippen LogP contribution in [-0.2, 0) is 11.2 Å². The van der Waals surface area contributed by atoms with Gasteiger partial charge in [-0.2, -0.15) is 0 Å². The number of halogens is 1. The van der Waals surface area contributed by atoms with E-state index in [0.717, 1.165) is 34.6 Å². The van der Waals surface area contributed by atoms with Crippen LogP contribution in [0.1, 0.15) is 16.7 Å². The number of rotatable bonds is 5. The summed E-state index contributed by atoms with van der Waals surface area (Å²) in [4.78, 5) is 12.8. The molecule has 3 aromatic carbocycles. The Morgan fingerprint density at radius 3 is 2.46 bits per heavy atom. The molecular formula is C23H20ClN3O. The van der Waals surface area contributed by atoms with Crippen LogP contribution in [-0.4, -0.2) is 12.5 Å². The number of nitrogens with one attached hydrogen (secondary N) is 2. The highest BCUT2D eigenvalue weighted by Gasteiger charge is 2.28. The predicted octanol–water partition coefficient (Wildman–Crippen LogP) is 4.77. The summed E-state index contributed by atoms with van der Waals surface area (Å²) in [5.41, 5.74) is 11.6. The molecule has 4 nitrogen and oxygen atoms in total. The molecule has 1 aliphatic rings. The fourth-order valence-corrected chi connectivity index (χ4v) is 3.51. The highest BCUT2D eigenvalue weighted by Crippen LogP contribution is 2.38. The van der Waals surface area contributed by atoms with Crippen LogP contribution in [0.2, 0.25) is 5.02 Å². The summed E-state index contributed by atoms with van der Waals surface area (Å²) < 4.78 is 0. The van der Waals surface area contributed by atoms with Gasteiger partial charge in [0, 0.05) is 16.3 Å². The summed E-state index contributed by atoms with van der Waals surface area (Å²) in [5, 5.41) is 6.95. The molecule has 28 heavy (non-hydrogen) atoms. The Labute approximate surface area is 169 Å². The topological polar surface area (TPSA) is 67.1 Å². The minimum absolute atomic E-state index is 0.150. The third kappa shape index (κ3) is 3.65. The average molecular weight is 390 g/mol. The molecule has 0 aliphatic carbocycles. The zero-order valence-corrected chi connectivity index (χ0v) is 16.0. The van der Waals surface area contributed by atoms with E-state index in [1.165, 1.54) is 5.56 Å². The molecule has 0 fully saturated rings. The molecule has 140 valence electrons. The van der Waals surface area contributed by atoms with Crippen molar-refractivity contribution in [3.8, 4) is 0 Å². The molecule has 0 atom stereocenters. The van der Waals surface area contributed by atoms with Crippen LogP contribution < -0.4 is 16.4 Å². The second-order valence-electron chi connectivity index (χ2n) is 6.62. The molecule has 5 heteroatoms. The van der Waals surface area contributed by atoms with E-state index in [1.807, 2.05) is 60.7 Å². The number of fused-ring (bicyclic) bond motifs is 1. The first-order valence-electron chi connectivity index (χ1n) is 9.12. The standard InChI is InChI=1S/C23H20ClN3O/c24-17-8-11-19-20(14-17)27-23(28)21(19)22(16-4-2-1-3-5-16)26-18-9-6-15(7-10-18)12-13-25/h1-11,14,26H,12-13,25H2,(H,27,28)/b22-21-. The van der Waals surface area contributed by atoms with E-state index in [0.29, 0.717) is 17.1 Å². The summed E-state index contributed by atoms with van der Waals surface area (Å²) in [5.74, 6) is -0.150. The van der Waals surface area contributed by atoms with Gasteiger partial charge in [0.2, 0.25) is 0 Å². The Hall–Kier alpha value is -3.08. The normalized spacial score (nSPS) is 14.4. The Bertz CT molecular complexity index is 1040. The molecule has 1 heterocycles. The third-order valence-electron chi connectivity index (χ3n) is 4.69. The lowest BCUT2D eigenvalue weighted by Crippen LogP contribution is -2.10. The van der Waals surface area contributed by atoms with Gasteiger partial charge in [0.1, 0.15) is 0 Å². The molecule has 1 amide bonds. The minimum Gasteiger partial charge on any atom is -0.354 e. The summed E-state index contributed by atoms with van der Waals surface area (Å²) in [6.07, 6.45) is 0.837. The first-order valence-corrected chi connectivity index (χ1v) is 9.50. The molecule has 0 aromatic heterocycles. The van der Waals surface area contributed by atoms with Gasteiger partial charge in [-0.3, -0.25) is 4.79 Å². The number of amides is 1. The van der Waals surface area contributed by atoms with Crippen molar-refractivity contribution in [1.29, 1.82) is 0 Å². The second-order valence-corrected chi connectivity index (χ2v) is 7.06. The van der Waals surface area contributed by atoms with Crippen molar-refractivity contribution in [1.82, 2.24) is 0 Å². The van der Waals surface area contributed by atoms with Gasteiger partial charge in [0.25, 0.3) is 5.91 Å². The van der Waals surface area contributed by atoms with Gasteiger partial charge < -0.3 is 16.4 Å². The van der Waals surface area contributed by atoms with Gasteiger partial charge >= 0.3 is 0 Å². The van der Waals surface area contributed by atoms with Crippen molar-refractivity contribution < 1.29 is 4.79 Å². The van der Waals surface area contributed by atoms with Crippen molar-refractivity contribution in [3.63, 3.8) is 0 Å². The maximum Gasteiger partial charge on any atom is 0.258 e. The molecule has 1 aliphatic heterocycles. The lowest BCUT2D eigenvalue weighted by Gasteiger charge is -2.15. The lowest BCUT2D eigenvalue weighted by molar-refractivity contribution is -0.110. The van der Waals surface area contributed by atoms with Crippen LogP contribution in [0.5, 0.6) is 0 Å². The van der Waals surface area contributed by atoms with Gasteiger partial charge in [0.15, 0.2) is 0 Å². The number of carbonyl (C=O) groups is 1. The van der Waals surface area contributed by atoms with E-state index in [2.05, 4.69) is 10.6 Å². The predicted molar refractivity (Wildman–Crippen MR) is 116 cm³/mol. The van der Waals surface area contributed by atoms with Crippen molar-refractivity contribution in [2.24, 2.45) is 5.73 Å². The highest BCUT2D eigenvalue weighted by atomic mass is 35.5. The molecule has 3 aromatic rings. The number of carbonyl (C=O) groups excluding carboxylic acids is 1. The van der Waals surface area contributed by atoms with Crippen LogP contribution in [0.3, 0.4) is 0 Å². The number of nitrogens with two attached hydrogens (primary N) is 1. The average Bonchev–Trinajstić information content (AvgIpc) is 3.03. The first-order chi connectivity index (χ1) is 13.7. The van der Waals surface area contributed by atoms with Crippen molar-refractivity contribution in [2.75, 3.05) is 17.2 Å². The van der Waals surface area contributed by atoms with E-state index >= 15 is 0 Å². The Morgan fingerprint density at radius 2 is 1.75 bits per heavy atom. The van der Waals surface area contributed by atoms with Crippen LogP contribution in [0.25, 0.3) is 11.3 Å². The van der Waals surface area contributed by atoms with E-state index in [4.69, 9.17) is 17.3 Å². The Morgan fingerprint density at radius 1 is 1.00 bits per heavy atom. The zero-order valence-electron chi connectivity index (χ0n) is 15.2. The van der Waals surface area contributed by atoms with E-state index in [1.54, 1.807) is 12.1 Å². The monoisotopic (exact) mass is 389 g/mol. The highest BCUT2D eigenvalue weighted by molar-refractivity contribution is 6.38. The fraction of sp³-hybridized carbons (Fsp3) is 0.0870. The molecule has 0 unspecified atom stereocenters. The molecule has 0 spiro atoms. The summed E-state index contributed by atoms with van der Waals surface area (Å²) in [6, 6.07) is 23.4. The Balaban J connectivity index is 1.81. The molecule has 0 bridgehead atoms. The lowest BCUT2D eigenvalue weighted by atomic mass is 10.00. The smallest absolute Gasteiger partial charge is 0.258 e. The maximum atomic E-state index is 12.8. The van der Waals surface area contributed by atoms with Gasteiger partial charge in [-0.05, 0) is 48.4 Å². The Kier molecular flexibility index (Phi) is 5.15. The SMILES string of the molecule is NCCc1ccc(N/C(=C2\C(=O)Nc3cc(Cl)ccc32)c2ccccc2)cc1. The van der Waals surface area contributed by atoms with Crippen LogP contribution in [0.4, 0.5) is 11.4 Å². The van der Waals surface area contributed by atoms with Gasteiger partial charge in [0.05, 0.1) is 17.0 Å². The first kappa shape index (κ1) is 18.3. The fourth-order valence-electron chi connectivity index (χ4n) is 3.34. The van der Waals surface area contributed by atoms with Crippen LogP contribution in [0, 0.1) is 0 Å². The zero-order chi connectivity index (χ0) is 19.5. The largest absolute Gasteiger partial charge is 0.354 e. The van der Waals surface area contributed by atoms with Crippen molar-refractivity contribution in [3.05, 3.63) is 94.5 Å². The third-order valence-corrected chi connectivity index (χ3v) is 4.93. The van der Waals surface area contributed by atoms with E-state index < -0.39 is 0 Å². The summed E-state index contributed by atoms with van der Waals surface area (Å²) in [6.45, 7) is 0.617. The summed E-state index contributed by atoms with van der Waals surface area (Å²) in [7, 11) is 0. The van der Waals surface area contributed by atoms with E-state index in [-0.39, 0.29) is 5.91 Å². The summed E-state index contributed by atoms with van der Waals surface area (Å²) >= 11 is 6.09. The van der Waals surface area contributed by atoms with Crippen molar-refractivity contribution >= 4 is 40.2 Å². The minimum atomic E-state index is -0.150. The molecule has 0 saturated heterocycles. The van der Waals surface area contributed by atoms with E-state index in [9.17, 15) is 4.79 Å². The quantitative estimate of drug-likeness (QED) is 0.550. The number of hydrogen-bond acceptors (Lipinski definition) is 3. The van der Waals surface area contributed by atoms with Crippen LogP contribution >= 0.6 is 11.6 Å². The molecule has 0 saturated carbocycles. The van der Waals surface area contributed by atoms with Crippen LogP contribution in [0.15, 0.2) is 72.8 Å². The number of anilines is 2.